The molecule has 0 aliphatic carbocycles. The fourth-order valence-electron chi connectivity index (χ4n) is 4.08. The Morgan fingerprint density at radius 2 is 1.83 bits per heavy atom. The smallest absolute Gasteiger partial charge is 0.343 e. The molecule has 1 atom stereocenters. The summed E-state index contributed by atoms with van der Waals surface area (Å²) >= 11 is 0. The molecule has 0 bridgehead atoms. The Morgan fingerprint density at radius 3 is 2.54 bits per heavy atom. The first kappa shape index (κ1) is 23.9. The highest BCUT2D eigenvalue weighted by Crippen LogP contribution is 2.43. The van der Waals surface area contributed by atoms with Crippen molar-refractivity contribution in [2.75, 3.05) is 6.61 Å². The summed E-state index contributed by atoms with van der Waals surface area (Å²) in [4.78, 5) is 12.6. The van der Waals surface area contributed by atoms with E-state index in [-0.39, 0.29) is 5.88 Å². The zero-order chi connectivity index (χ0) is 24.8. The van der Waals surface area contributed by atoms with Gasteiger partial charge in [0.2, 0.25) is 5.88 Å². The number of hydrogen-bond donors (Lipinski definition) is 1. The van der Waals surface area contributed by atoms with Crippen molar-refractivity contribution in [3.8, 4) is 23.3 Å². The molecule has 4 rings (SSSR count). The molecule has 0 fully saturated rings. The van der Waals surface area contributed by atoms with Crippen LogP contribution in [-0.2, 0) is 0 Å². The number of rotatable bonds is 8. The molecule has 1 aliphatic heterocycles. The van der Waals surface area contributed by atoms with E-state index in [0.717, 1.165) is 41.7 Å². The minimum absolute atomic E-state index is 0.0343. The summed E-state index contributed by atoms with van der Waals surface area (Å²) in [6.45, 7) is 4.74. The Morgan fingerprint density at radius 1 is 1.06 bits per heavy atom. The maximum Gasteiger partial charge on any atom is 0.343 e. The number of carbonyl (C=O) groups is 1. The lowest BCUT2D eigenvalue weighted by Gasteiger charge is -2.26. The van der Waals surface area contributed by atoms with Crippen LogP contribution in [0.1, 0.15) is 59.2 Å². The third-order valence-electron chi connectivity index (χ3n) is 5.88. The topological polar surface area (TPSA) is 94.6 Å². The molecule has 6 heteroatoms. The monoisotopic (exact) mass is 468 g/mol. The highest BCUT2D eigenvalue weighted by molar-refractivity contribution is 5.91. The average Bonchev–Trinajstić information content (AvgIpc) is 2.86. The van der Waals surface area contributed by atoms with Gasteiger partial charge in [0, 0.05) is 11.6 Å². The normalized spacial score (nSPS) is 14.5. The number of nitrogens with two attached hydrogens (primary N) is 1. The molecule has 1 unspecified atom stereocenters. The van der Waals surface area contributed by atoms with Gasteiger partial charge in [0.1, 0.15) is 28.9 Å². The third-order valence-corrected chi connectivity index (χ3v) is 5.88. The van der Waals surface area contributed by atoms with Gasteiger partial charge in [0.15, 0.2) is 0 Å². The van der Waals surface area contributed by atoms with E-state index in [4.69, 9.17) is 19.9 Å². The van der Waals surface area contributed by atoms with Crippen LogP contribution in [0, 0.1) is 18.3 Å². The summed E-state index contributed by atoms with van der Waals surface area (Å²) in [5.74, 6) is 0.730. The maximum atomic E-state index is 12.6. The molecule has 0 saturated heterocycles. The number of unbranched alkanes of at least 4 members (excludes halogenated alkanes) is 2. The van der Waals surface area contributed by atoms with E-state index >= 15 is 0 Å². The highest BCUT2D eigenvalue weighted by Gasteiger charge is 2.31. The van der Waals surface area contributed by atoms with Crippen molar-refractivity contribution in [1.29, 1.82) is 5.26 Å². The minimum Gasteiger partial charge on any atom is -0.494 e. The van der Waals surface area contributed by atoms with Gasteiger partial charge in [-0.2, -0.15) is 5.26 Å². The molecule has 0 radical (unpaired) electrons. The van der Waals surface area contributed by atoms with Crippen LogP contribution in [0.4, 0.5) is 0 Å². The van der Waals surface area contributed by atoms with Crippen LogP contribution in [0.15, 0.2) is 78.2 Å². The van der Waals surface area contributed by atoms with Crippen LogP contribution in [0.3, 0.4) is 0 Å². The van der Waals surface area contributed by atoms with Crippen LogP contribution in [-0.4, -0.2) is 12.6 Å². The van der Waals surface area contributed by atoms with E-state index in [1.54, 1.807) is 30.3 Å². The second kappa shape index (κ2) is 10.8. The molecule has 178 valence electrons. The summed E-state index contributed by atoms with van der Waals surface area (Å²) in [5, 5.41) is 9.80. The van der Waals surface area contributed by atoms with Gasteiger partial charge in [0.05, 0.1) is 18.1 Å². The van der Waals surface area contributed by atoms with Crippen LogP contribution < -0.4 is 19.9 Å². The van der Waals surface area contributed by atoms with Crippen LogP contribution in [0.2, 0.25) is 0 Å². The van der Waals surface area contributed by atoms with Crippen molar-refractivity contribution in [1.82, 2.24) is 0 Å². The second-order valence-corrected chi connectivity index (χ2v) is 8.51. The van der Waals surface area contributed by atoms with Crippen LogP contribution >= 0.6 is 0 Å². The molecule has 6 nitrogen and oxygen atoms in total. The summed E-state index contributed by atoms with van der Waals surface area (Å²) in [6, 6.07) is 22.2. The molecule has 0 amide bonds. The van der Waals surface area contributed by atoms with E-state index in [1.165, 1.54) is 0 Å². The zero-order valence-electron chi connectivity index (χ0n) is 19.9. The first-order valence-electron chi connectivity index (χ1n) is 11.7. The molecule has 2 N–H and O–H groups in total. The summed E-state index contributed by atoms with van der Waals surface area (Å²) in [6.07, 6.45) is 3.29. The second-order valence-electron chi connectivity index (χ2n) is 8.51. The summed E-state index contributed by atoms with van der Waals surface area (Å²) < 4.78 is 17.1. The van der Waals surface area contributed by atoms with Gasteiger partial charge in [-0.25, -0.2) is 4.79 Å². The van der Waals surface area contributed by atoms with Crippen molar-refractivity contribution >= 4 is 5.97 Å². The van der Waals surface area contributed by atoms with Gasteiger partial charge in [-0.05, 0) is 49.2 Å². The Balaban J connectivity index is 1.58. The van der Waals surface area contributed by atoms with Crippen molar-refractivity contribution < 1.29 is 19.0 Å². The predicted molar refractivity (Wildman–Crippen MR) is 133 cm³/mol. The number of aryl methyl sites for hydroxylation is 1. The van der Waals surface area contributed by atoms with Gasteiger partial charge >= 0.3 is 5.97 Å². The Hall–Kier alpha value is -4.24. The molecular formula is C29H28N2O4. The minimum atomic E-state index is -0.461. The SMILES string of the molecule is CCCCCOc1ccc(C2C(C#N)=C(N)Oc3cc(OC(=O)c4cccc(C)c4)ccc32)cc1. The third kappa shape index (κ3) is 5.47. The molecule has 3 aromatic carbocycles. The van der Waals surface area contributed by atoms with E-state index in [2.05, 4.69) is 13.0 Å². The van der Waals surface area contributed by atoms with E-state index in [9.17, 15) is 10.1 Å². The lowest BCUT2D eigenvalue weighted by atomic mass is 9.83. The Bertz CT molecular complexity index is 1290. The molecular weight excluding hydrogens is 440 g/mol. The first-order valence-corrected chi connectivity index (χ1v) is 11.7. The van der Waals surface area contributed by atoms with Crippen LogP contribution in [0.5, 0.6) is 17.2 Å². The summed E-state index contributed by atoms with van der Waals surface area (Å²) in [5.41, 5.74) is 9.54. The number of benzene rings is 3. The van der Waals surface area contributed by atoms with Gasteiger partial charge in [-0.3, -0.25) is 0 Å². The molecule has 0 saturated carbocycles. The number of fused-ring (bicyclic) bond motifs is 1. The van der Waals surface area contributed by atoms with Crippen LogP contribution in [0.25, 0.3) is 0 Å². The lowest BCUT2D eigenvalue weighted by molar-refractivity contribution is 0.0734. The number of nitrogens with zero attached hydrogens (tertiary/aromatic N) is 1. The molecule has 35 heavy (non-hydrogen) atoms. The number of hydrogen-bond acceptors (Lipinski definition) is 6. The van der Waals surface area contributed by atoms with Crippen molar-refractivity contribution in [3.63, 3.8) is 0 Å². The number of carbonyl (C=O) groups excluding carboxylic acids is 1. The Labute approximate surface area is 205 Å². The maximum absolute atomic E-state index is 12.6. The predicted octanol–water partition coefficient (Wildman–Crippen LogP) is 6.00. The molecule has 1 aliphatic rings. The largest absolute Gasteiger partial charge is 0.494 e. The molecule has 0 aromatic heterocycles. The molecule has 0 spiro atoms. The fourth-order valence-corrected chi connectivity index (χ4v) is 4.08. The van der Waals surface area contributed by atoms with E-state index < -0.39 is 11.9 Å². The Kier molecular flexibility index (Phi) is 7.37. The van der Waals surface area contributed by atoms with Gasteiger partial charge < -0.3 is 19.9 Å². The van der Waals surface area contributed by atoms with Gasteiger partial charge in [-0.1, -0.05) is 55.7 Å². The molecule has 3 aromatic rings. The summed E-state index contributed by atoms with van der Waals surface area (Å²) in [7, 11) is 0. The number of esters is 1. The van der Waals surface area contributed by atoms with Crippen molar-refractivity contribution in [3.05, 3.63) is 100 Å². The lowest BCUT2D eigenvalue weighted by Crippen LogP contribution is -2.21. The molecule has 1 heterocycles. The van der Waals surface area contributed by atoms with Gasteiger partial charge in [-0.15, -0.1) is 0 Å². The number of allylic oxidation sites excluding steroid dienone is 1. The number of ether oxygens (including phenoxy) is 3. The van der Waals surface area contributed by atoms with E-state index in [1.807, 2.05) is 43.3 Å². The zero-order valence-corrected chi connectivity index (χ0v) is 19.9. The fraction of sp³-hybridized carbons (Fsp3) is 0.241. The van der Waals surface area contributed by atoms with Crippen molar-refractivity contribution in [2.45, 2.75) is 39.0 Å². The van der Waals surface area contributed by atoms with Crippen molar-refractivity contribution in [2.24, 2.45) is 5.73 Å². The highest BCUT2D eigenvalue weighted by atomic mass is 16.5. The van der Waals surface area contributed by atoms with Gasteiger partial charge in [0.25, 0.3) is 0 Å². The average molecular weight is 469 g/mol. The first-order chi connectivity index (χ1) is 17.0. The van der Waals surface area contributed by atoms with E-state index in [0.29, 0.717) is 29.2 Å². The number of nitriles is 1. The quantitative estimate of drug-likeness (QED) is 0.247. The standard InChI is InChI=1S/C29H28N2O4/c1-3-4-5-15-33-22-11-9-20(10-12-22)27-24-14-13-23(17-26(24)35-28(31)25(27)18-30)34-29(32)21-8-6-7-19(2)16-21/h6-14,16-17,27H,3-5,15,31H2,1-2H3.